The Balaban J connectivity index is 1.97. The van der Waals surface area contributed by atoms with Crippen LogP contribution in [-0.2, 0) is 0 Å². The van der Waals surface area contributed by atoms with Crippen LogP contribution in [0.5, 0.6) is 11.5 Å². The highest BCUT2D eigenvalue weighted by atomic mass is 79.9. The molecule has 0 saturated carbocycles. The van der Waals surface area contributed by atoms with Crippen molar-refractivity contribution in [3.8, 4) is 11.5 Å². The van der Waals surface area contributed by atoms with Crippen LogP contribution in [-0.4, -0.2) is 13.2 Å². The Morgan fingerprint density at radius 2 is 1.62 bits per heavy atom. The van der Waals surface area contributed by atoms with Gasteiger partial charge < -0.3 is 9.47 Å². The summed E-state index contributed by atoms with van der Waals surface area (Å²) in [5.41, 5.74) is 2.23. The lowest BCUT2D eigenvalue weighted by molar-refractivity contribution is 0.297. The topological polar surface area (TPSA) is 18.5 Å². The minimum atomic E-state index is 0.0568. The Labute approximate surface area is 145 Å². The van der Waals surface area contributed by atoms with Crippen molar-refractivity contribution in [1.82, 2.24) is 0 Å². The second kappa shape index (κ2) is 6.59. The third kappa shape index (κ3) is 3.38. The summed E-state index contributed by atoms with van der Waals surface area (Å²) in [5.74, 6) is 1.59. The van der Waals surface area contributed by atoms with Crippen molar-refractivity contribution in [2.45, 2.75) is 11.2 Å². The molecule has 0 saturated heterocycles. The zero-order valence-corrected chi connectivity index (χ0v) is 15.0. The molecule has 0 spiro atoms. The van der Waals surface area contributed by atoms with Crippen molar-refractivity contribution in [3.63, 3.8) is 0 Å². The summed E-state index contributed by atoms with van der Waals surface area (Å²) < 4.78 is 12.4. The Hall–Kier alpha value is -0.710. The highest BCUT2D eigenvalue weighted by Crippen LogP contribution is 2.42. The van der Waals surface area contributed by atoms with Crippen molar-refractivity contribution in [2.24, 2.45) is 0 Å². The van der Waals surface area contributed by atoms with Crippen LogP contribution in [0, 0.1) is 0 Å². The van der Waals surface area contributed by atoms with Gasteiger partial charge in [-0.1, -0.05) is 55.6 Å². The van der Waals surface area contributed by atoms with Gasteiger partial charge in [-0.15, -0.1) is 0 Å². The molecular weight excluding hydrogens is 419 g/mol. The average molecular weight is 433 g/mol. The first-order valence-electron chi connectivity index (χ1n) is 6.64. The minimum Gasteiger partial charge on any atom is -0.490 e. The van der Waals surface area contributed by atoms with Gasteiger partial charge in [-0.25, -0.2) is 0 Å². The van der Waals surface area contributed by atoms with Gasteiger partial charge in [0, 0.05) is 15.9 Å². The Morgan fingerprint density at radius 1 is 1.00 bits per heavy atom. The molecule has 0 fully saturated rings. The maximum absolute atomic E-state index is 5.95. The SMILES string of the molecule is Clc1ccc(C(Br)c2cc3c(cc2Br)OCCCO3)cc1. The first-order chi connectivity index (χ1) is 10.1. The molecule has 1 unspecified atom stereocenters. The fraction of sp³-hybridized carbons (Fsp3) is 0.250. The van der Waals surface area contributed by atoms with Gasteiger partial charge in [0.15, 0.2) is 11.5 Å². The number of hydrogen-bond donors (Lipinski definition) is 0. The van der Waals surface area contributed by atoms with E-state index in [1.54, 1.807) is 0 Å². The number of hydrogen-bond acceptors (Lipinski definition) is 2. The fourth-order valence-corrected chi connectivity index (χ4v) is 3.87. The van der Waals surface area contributed by atoms with E-state index in [4.69, 9.17) is 21.1 Å². The average Bonchev–Trinajstić information content (AvgIpc) is 2.71. The maximum atomic E-state index is 5.95. The van der Waals surface area contributed by atoms with Gasteiger partial charge in [-0.05, 0) is 35.4 Å². The van der Waals surface area contributed by atoms with Crippen molar-refractivity contribution >= 4 is 43.5 Å². The van der Waals surface area contributed by atoms with E-state index in [-0.39, 0.29) is 4.83 Å². The van der Waals surface area contributed by atoms with Crippen LogP contribution < -0.4 is 9.47 Å². The van der Waals surface area contributed by atoms with Gasteiger partial charge in [-0.3, -0.25) is 0 Å². The van der Waals surface area contributed by atoms with Crippen LogP contribution in [0.4, 0.5) is 0 Å². The molecule has 110 valence electrons. The summed E-state index contributed by atoms with van der Waals surface area (Å²) in [7, 11) is 0. The number of halogens is 3. The first kappa shape index (κ1) is 15.2. The van der Waals surface area contributed by atoms with Crippen LogP contribution in [0.2, 0.25) is 5.02 Å². The normalized spacial score (nSPS) is 15.4. The fourth-order valence-electron chi connectivity index (χ4n) is 2.21. The van der Waals surface area contributed by atoms with Gasteiger partial charge in [0.25, 0.3) is 0 Å². The molecule has 0 radical (unpaired) electrons. The molecule has 1 atom stereocenters. The molecule has 1 heterocycles. The zero-order valence-electron chi connectivity index (χ0n) is 11.1. The molecule has 2 aromatic carbocycles. The predicted molar refractivity (Wildman–Crippen MR) is 92.0 cm³/mol. The first-order valence-corrected chi connectivity index (χ1v) is 8.72. The van der Waals surface area contributed by atoms with E-state index in [2.05, 4.69) is 31.9 Å². The maximum Gasteiger partial charge on any atom is 0.162 e. The summed E-state index contributed by atoms with van der Waals surface area (Å²) in [6.07, 6.45) is 0.899. The van der Waals surface area contributed by atoms with E-state index in [1.807, 2.05) is 36.4 Å². The summed E-state index contributed by atoms with van der Waals surface area (Å²) in [5, 5.41) is 0.733. The lowest BCUT2D eigenvalue weighted by Gasteiger charge is -2.16. The molecule has 0 bridgehead atoms. The summed E-state index contributed by atoms with van der Waals surface area (Å²) in [6.45, 7) is 1.37. The van der Waals surface area contributed by atoms with Gasteiger partial charge in [0.1, 0.15) is 0 Å². The van der Waals surface area contributed by atoms with Crippen molar-refractivity contribution < 1.29 is 9.47 Å². The lowest BCUT2D eigenvalue weighted by atomic mass is 10.0. The highest BCUT2D eigenvalue weighted by Gasteiger charge is 2.19. The van der Waals surface area contributed by atoms with Gasteiger partial charge >= 0.3 is 0 Å². The molecule has 2 aromatic rings. The van der Waals surface area contributed by atoms with Gasteiger partial charge in [0.2, 0.25) is 0 Å². The molecule has 0 N–H and O–H groups in total. The summed E-state index contributed by atoms with van der Waals surface area (Å²) in [6, 6.07) is 11.8. The number of fused-ring (bicyclic) bond motifs is 1. The van der Waals surface area contributed by atoms with E-state index in [9.17, 15) is 0 Å². The van der Waals surface area contributed by atoms with Crippen LogP contribution in [0.1, 0.15) is 22.4 Å². The molecule has 0 aliphatic carbocycles. The number of ether oxygens (including phenoxy) is 2. The molecule has 21 heavy (non-hydrogen) atoms. The largest absolute Gasteiger partial charge is 0.490 e. The predicted octanol–water partition coefficient (Wildman–Crippen LogP) is 5.75. The van der Waals surface area contributed by atoms with E-state index < -0.39 is 0 Å². The van der Waals surface area contributed by atoms with E-state index in [1.165, 1.54) is 0 Å². The Bertz CT molecular complexity index is 643. The Morgan fingerprint density at radius 3 is 2.29 bits per heavy atom. The number of benzene rings is 2. The third-order valence-corrected chi connectivity index (χ3v) is 5.26. The molecule has 5 heteroatoms. The smallest absolute Gasteiger partial charge is 0.162 e. The standard InChI is InChI=1S/C16H13Br2ClO2/c17-13-9-15-14(20-6-1-7-21-15)8-12(13)16(18)10-2-4-11(19)5-3-10/h2-5,8-9,16H,1,6-7H2. The molecule has 0 amide bonds. The second-order valence-corrected chi connectivity index (χ2v) is 6.99. The highest BCUT2D eigenvalue weighted by molar-refractivity contribution is 9.11. The molecular formula is C16H13Br2ClO2. The number of alkyl halides is 1. The van der Waals surface area contributed by atoms with Crippen molar-refractivity contribution in [1.29, 1.82) is 0 Å². The quantitative estimate of drug-likeness (QED) is 0.563. The van der Waals surface area contributed by atoms with E-state index in [0.717, 1.165) is 38.5 Å². The molecule has 3 rings (SSSR count). The monoisotopic (exact) mass is 430 g/mol. The van der Waals surface area contributed by atoms with Crippen molar-refractivity contribution in [3.05, 3.63) is 57.0 Å². The zero-order chi connectivity index (χ0) is 14.8. The molecule has 1 aliphatic heterocycles. The van der Waals surface area contributed by atoms with Crippen molar-refractivity contribution in [2.75, 3.05) is 13.2 Å². The lowest BCUT2D eigenvalue weighted by Crippen LogP contribution is -1.98. The molecule has 1 aliphatic rings. The Kier molecular flexibility index (Phi) is 4.77. The van der Waals surface area contributed by atoms with Gasteiger partial charge in [-0.2, -0.15) is 0 Å². The van der Waals surface area contributed by atoms with Crippen LogP contribution >= 0.6 is 43.5 Å². The van der Waals surface area contributed by atoms with Gasteiger partial charge in [0.05, 0.1) is 18.0 Å². The minimum absolute atomic E-state index is 0.0568. The van der Waals surface area contributed by atoms with Crippen LogP contribution in [0.15, 0.2) is 40.9 Å². The summed E-state index contributed by atoms with van der Waals surface area (Å²) >= 11 is 13.3. The molecule has 0 aromatic heterocycles. The van der Waals surface area contributed by atoms with E-state index in [0.29, 0.717) is 13.2 Å². The van der Waals surface area contributed by atoms with Crippen LogP contribution in [0.3, 0.4) is 0 Å². The number of rotatable bonds is 2. The summed E-state index contributed by atoms with van der Waals surface area (Å²) in [4.78, 5) is 0.0568. The second-order valence-electron chi connectivity index (χ2n) is 4.79. The van der Waals surface area contributed by atoms with Crippen LogP contribution in [0.25, 0.3) is 0 Å². The molecule has 2 nitrogen and oxygen atoms in total. The third-order valence-electron chi connectivity index (χ3n) is 3.30. The van der Waals surface area contributed by atoms with E-state index >= 15 is 0 Å².